The lowest BCUT2D eigenvalue weighted by atomic mass is 10.2. The van der Waals surface area contributed by atoms with Gasteiger partial charge >= 0.3 is 0 Å². The minimum absolute atomic E-state index is 1.05. The van der Waals surface area contributed by atoms with Crippen LogP contribution in [0, 0.1) is 6.92 Å². The Morgan fingerprint density at radius 1 is 1.36 bits per heavy atom. The Labute approximate surface area is 86.3 Å². The van der Waals surface area contributed by atoms with Crippen LogP contribution in [0.15, 0.2) is 0 Å². The van der Waals surface area contributed by atoms with Crippen molar-refractivity contribution in [2.75, 3.05) is 13.6 Å². The highest BCUT2D eigenvalue weighted by molar-refractivity contribution is 5.13. The number of rotatable bonds is 6. The maximum atomic E-state index is 4.59. The molecule has 0 atom stereocenters. The van der Waals surface area contributed by atoms with Crippen molar-refractivity contribution in [2.45, 2.75) is 39.5 Å². The van der Waals surface area contributed by atoms with Crippen LogP contribution in [0.2, 0.25) is 0 Å². The second kappa shape index (κ2) is 5.81. The third kappa shape index (κ3) is 3.14. The summed E-state index contributed by atoms with van der Waals surface area (Å²) < 4.78 is 0. The maximum Gasteiger partial charge on any atom is 0.106 e. The van der Waals surface area contributed by atoms with Gasteiger partial charge in [-0.15, -0.1) is 0 Å². The van der Waals surface area contributed by atoms with E-state index >= 15 is 0 Å². The summed E-state index contributed by atoms with van der Waals surface area (Å²) in [5, 5.41) is 3.14. The molecule has 0 saturated heterocycles. The van der Waals surface area contributed by atoms with Gasteiger partial charge in [0.05, 0.1) is 5.69 Å². The van der Waals surface area contributed by atoms with Crippen LogP contribution in [0.3, 0.4) is 0 Å². The largest absolute Gasteiger partial charge is 0.346 e. The van der Waals surface area contributed by atoms with Gasteiger partial charge in [-0.05, 0) is 33.4 Å². The lowest BCUT2D eigenvalue weighted by molar-refractivity contribution is 0.705. The van der Waals surface area contributed by atoms with E-state index in [1.54, 1.807) is 0 Å². The average Bonchev–Trinajstić information content (AvgIpc) is 2.49. The number of nitrogens with zero attached hydrogens (tertiary/aromatic N) is 1. The van der Waals surface area contributed by atoms with Crippen molar-refractivity contribution >= 4 is 0 Å². The van der Waals surface area contributed by atoms with E-state index in [-0.39, 0.29) is 0 Å². The molecule has 14 heavy (non-hydrogen) atoms. The zero-order valence-corrected chi connectivity index (χ0v) is 9.48. The van der Waals surface area contributed by atoms with Gasteiger partial charge in [-0.3, -0.25) is 0 Å². The number of imidazole rings is 1. The lowest BCUT2D eigenvalue weighted by Crippen LogP contribution is -2.08. The molecule has 0 aromatic carbocycles. The first-order chi connectivity index (χ1) is 6.77. The minimum Gasteiger partial charge on any atom is -0.346 e. The summed E-state index contributed by atoms with van der Waals surface area (Å²) in [6.45, 7) is 5.36. The molecule has 3 heteroatoms. The molecule has 0 radical (unpaired) electrons. The summed E-state index contributed by atoms with van der Waals surface area (Å²) in [7, 11) is 1.98. The lowest BCUT2D eigenvalue weighted by Gasteiger charge is -1.95. The van der Waals surface area contributed by atoms with Crippen LogP contribution in [0.5, 0.6) is 0 Å². The zero-order chi connectivity index (χ0) is 10.4. The fraction of sp³-hybridized carbons (Fsp3) is 0.727. The van der Waals surface area contributed by atoms with Crippen molar-refractivity contribution < 1.29 is 0 Å². The summed E-state index contributed by atoms with van der Waals surface area (Å²) in [6, 6.07) is 0. The molecule has 0 amide bonds. The number of H-pyrrole nitrogens is 1. The first-order valence-electron chi connectivity index (χ1n) is 5.46. The molecule has 0 fully saturated rings. The van der Waals surface area contributed by atoms with Gasteiger partial charge in [0.25, 0.3) is 0 Å². The Hall–Kier alpha value is -0.830. The maximum absolute atomic E-state index is 4.59. The molecule has 0 unspecified atom stereocenters. The SMILES string of the molecule is CCCc1nc(CCCNC)[nH]c1C. The van der Waals surface area contributed by atoms with Crippen LogP contribution < -0.4 is 5.32 Å². The number of hydrogen-bond acceptors (Lipinski definition) is 2. The molecule has 80 valence electrons. The van der Waals surface area contributed by atoms with E-state index in [1.165, 1.54) is 17.8 Å². The van der Waals surface area contributed by atoms with Gasteiger partial charge in [0.15, 0.2) is 0 Å². The summed E-state index contributed by atoms with van der Waals surface area (Å²) >= 11 is 0. The van der Waals surface area contributed by atoms with Crippen molar-refractivity contribution in [2.24, 2.45) is 0 Å². The average molecular weight is 195 g/mol. The van der Waals surface area contributed by atoms with Gasteiger partial charge in [-0.2, -0.15) is 0 Å². The van der Waals surface area contributed by atoms with Crippen LogP contribution in [0.1, 0.15) is 37.0 Å². The molecule has 2 N–H and O–H groups in total. The molecule has 1 aromatic heterocycles. The Bertz CT molecular complexity index is 265. The molecule has 0 bridgehead atoms. The number of hydrogen-bond donors (Lipinski definition) is 2. The van der Waals surface area contributed by atoms with E-state index in [1.807, 2.05) is 7.05 Å². The van der Waals surface area contributed by atoms with Crippen LogP contribution in [0.25, 0.3) is 0 Å². The van der Waals surface area contributed by atoms with Crippen LogP contribution in [-0.2, 0) is 12.8 Å². The zero-order valence-electron chi connectivity index (χ0n) is 9.48. The first kappa shape index (κ1) is 11.2. The van der Waals surface area contributed by atoms with E-state index < -0.39 is 0 Å². The van der Waals surface area contributed by atoms with Gasteiger partial charge in [0.2, 0.25) is 0 Å². The monoisotopic (exact) mass is 195 g/mol. The second-order valence-corrected chi connectivity index (χ2v) is 3.71. The second-order valence-electron chi connectivity index (χ2n) is 3.71. The Morgan fingerprint density at radius 3 is 2.79 bits per heavy atom. The summed E-state index contributed by atoms with van der Waals surface area (Å²) in [5.74, 6) is 1.14. The molecule has 0 aliphatic heterocycles. The van der Waals surface area contributed by atoms with Crippen LogP contribution >= 0.6 is 0 Å². The molecule has 1 aromatic rings. The highest BCUT2D eigenvalue weighted by atomic mass is 14.9. The molecular formula is C11H21N3. The highest BCUT2D eigenvalue weighted by Gasteiger charge is 2.04. The van der Waals surface area contributed by atoms with Gasteiger partial charge in [0.1, 0.15) is 5.82 Å². The normalized spacial score (nSPS) is 10.8. The van der Waals surface area contributed by atoms with Crippen molar-refractivity contribution in [3.63, 3.8) is 0 Å². The Kier molecular flexibility index (Phi) is 4.66. The van der Waals surface area contributed by atoms with E-state index in [4.69, 9.17) is 0 Å². The van der Waals surface area contributed by atoms with Crippen LogP contribution in [0.4, 0.5) is 0 Å². The van der Waals surface area contributed by atoms with Crippen LogP contribution in [-0.4, -0.2) is 23.6 Å². The van der Waals surface area contributed by atoms with Crippen molar-refractivity contribution in [3.05, 3.63) is 17.2 Å². The molecule has 1 rings (SSSR count). The van der Waals surface area contributed by atoms with E-state index in [2.05, 4.69) is 29.1 Å². The highest BCUT2D eigenvalue weighted by Crippen LogP contribution is 2.08. The van der Waals surface area contributed by atoms with Gasteiger partial charge in [-0.25, -0.2) is 4.98 Å². The quantitative estimate of drug-likeness (QED) is 0.680. The fourth-order valence-corrected chi connectivity index (χ4v) is 1.59. The number of aromatic amines is 1. The van der Waals surface area contributed by atoms with Gasteiger partial charge in [0, 0.05) is 12.1 Å². The third-order valence-corrected chi connectivity index (χ3v) is 2.36. The third-order valence-electron chi connectivity index (χ3n) is 2.36. The predicted molar refractivity (Wildman–Crippen MR) is 59.6 cm³/mol. The van der Waals surface area contributed by atoms with Crippen molar-refractivity contribution in [3.8, 4) is 0 Å². The predicted octanol–water partition coefficient (Wildman–Crippen LogP) is 1.82. The molecule has 3 nitrogen and oxygen atoms in total. The van der Waals surface area contributed by atoms with Crippen molar-refractivity contribution in [1.29, 1.82) is 0 Å². The smallest absolute Gasteiger partial charge is 0.106 e. The van der Waals surface area contributed by atoms with Gasteiger partial charge in [-0.1, -0.05) is 13.3 Å². The first-order valence-corrected chi connectivity index (χ1v) is 5.46. The fourth-order valence-electron chi connectivity index (χ4n) is 1.59. The molecule has 0 aliphatic rings. The minimum atomic E-state index is 1.05. The van der Waals surface area contributed by atoms with E-state index in [0.29, 0.717) is 0 Å². The van der Waals surface area contributed by atoms with Gasteiger partial charge < -0.3 is 10.3 Å². The van der Waals surface area contributed by atoms with E-state index in [9.17, 15) is 0 Å². The number of aryl methyl sites for hydroxylation is 3. The van der Waals surface area contributed by atoms with Crippen molar-refractivity contribution in [1.82, 2.24) is 15.3 Å². The summed E-state index contributed by atoms with van der Waals surface area (Å²) in [5.41, 5.74) is 2.48. The van der Waals surface area contributed by atoms with E-state index in [0.717, 1.165) is 31.6 Å². The molecular weight excluding hydrogens is 174 g/mol. The molecule has 0 spiro atoms. The molecule has 1 heterocycles. The molecule has 0 saturated carbocycles. The Morgan fingerprint density at radius 2 is 2.14 bits per heavy atom. The molecule has 0 aliphatic carbocycles. The number of aromatic nitrogens is 2. The standard InChI is InChI=1S/C11H21N3/c1-4-6-10-9(2)13-11(14-10)7-5-8-12-3/h12H,4-8H2,1-3H3,(H,13,14). The number of nitrogens with one attached hydrogen (secondary N) is 2. The summed E-state index contributed by atoms with van der Waals surface area (Å²) in [4.78, 5) is 7.94. The Balaban J connectivity index is 2.48. The summed E-state index contributed by atoms with van der Waals surface area (Å²) in [6.07, 6.45) is 4.45. The topological polar surface area (TPSA) is 40.7 Å².